The molecule has 0 saturated heterocycles. The van der Waals surface area contributed by atoms with Crippen LogP contribution in [0.3, 0.4) is 0 Å². The monoisotopic (exact) mass is 225 g/mol. The van der Waals surface area contributed by atoms with E-state index in [1.807, 2.05) is 10.9 Å². The molecule has 16 heavy (non-hydrogen) atoms. The summed E-state index contributed by atoms with van der Waals surface area (Å²) in [6, 6.07) is 2.66. The molecule has 1 heterocycles. The average Bonchev–Trinajstić information content (AvgIpc) is 2.73. The van der Waals surface area contributed by atoms with Gasteiger partial charge in [-0.2, -0.15) is 5.10 Å². The van der Waals surface area contributed by atoms with Crippen molar-refractivity contribution < 1.29 is 4.74 Å². The molecule has 1 rings (SSSR count). The van der Waals surface area contributed by atoms with Crippen molar-refractivity contribution in [1.82, 2.24) is 9.78 Å². The highest BCUT2D eigenvalue weighted by Crippen LogP contribution is 2.10. The molecule has 0 saturated carbocycles. The minimum atomic E-state index is 0.139. The van der Waals surface area contributed by atoms with Crippen LogP contribution in [-0.2, 0) is 11.2 Å². The second-order valence-electron chi connectivity index (χ2n) is 4.29. The van der Waals surface area contributed by atoms with Gasteiger partial charge < -0.3 is 10.5 Å². The fourth-order valence-electron chi connectivity index (χ4n) is 1.56. The van der Waals surface area contributed by atoms with Crippen LogP contribution in [0.2, 0.25) is 0 Å². The highest BCUT2D eigenvalue weighted by molar-refractivity contribution is 5.01. The van der Waals surface area contributed by atoms with Crippen LogP contribution in [0, 0.1) is 0 Å². The van der Waals surface area contributed by atoms with Gasteiger partial charge in [-0.3, -0.25) is 4.68 Å². The maximum atomic E-state index is 5.98. The third-order valence-electron chi connectivity index (χ3n) is 2.87. The lowest BCUT2D eigenvalue weighted by Crippen LogP contribution is -2.24. The van der Waals surface area contributed by atoms with Crippen molar-refractivity contribution in [2.24, 2.45) is 5.73 Å². The Hall–Kier alpha value is -0.870. The molecule has 2 unspecified atom stereocenters. The van der Waals surface area contributed by atoms with Crippen molar-refractivity contribution in [3.63, 3.8) is 0 Å². The summed E-state index contributed by atoms with van der Waals surface area (Å²) in [5.74, 6) is 0. The molecule has 4 nitrogen and oxygen atoms in total. The fraction of sp³-hybridized carbons (Fsp3) is 0.750. The van der Waals surface area contributed by atoms with E-state index in [-0.39, 0.29) is 6.04 Å². The number of ether oxygens (including phenoxy) is 1. The molecule has 0 bridgehead atoms. The lowest BCUT2D eigenvalue weighted by Gasteiger charge is -2.10. The molecule has 0 spiro atoms. The molecular weight excluding hydrogens is 202 g/mol. The first-order valence-corrected chi connectivity index (χ1v) is 5.96. The van der Waals surface area contributed by atoms with Crippen LogP contribution in [0.5, 0.6) is 0 Å². The van der Waals surface area contributed by atoms with E-state index in [1.54, 1.807) is 7.11 Å². The zero-order valence-electron chi connectivity index (χ0n) is 10.5. The summed E-state index contributed by atoms with van der Waals surface area (Å²) in [6.45, 7) is 5.05. The Morgan fingerprint density at radius 1 is 1.56 bits per heavy atom. The SMILES string of the molecule is CCC(C)n1ccc(CC(N)CCOC)n1. The number of nitrogens with two attached hydrogens (primary N) is 1. The quantitative estimate of drug-likeness (QED) is 0.769. The van der Waals surface area contributed by atoms with E-state index in [0.717, 1.165) is 25.0 Å². The minimum absolute atomic E-state index is 0.139. The topological polar surface area (TPSA) is 53.1 Å². The van der Waals surface area contributed by atoms with Crippen molar-refractivity contribution >= 4 is 0 Å². The van der Waals surface area contributed by atoms with Gasteiger partial charge in [-0.15, -0.1) is 0 Å². The number of nitrogens with zero attached hydrogens (tertiary/aromatic N) is 2. The van der Waals surface area contributed by atoms with E-state index in [1.165, 1.54) is 0 Å². The lowest BCUT2D eigenvalue weighted by atomic mass is 10.1. The zero-order chi connectivity index (χ0) is 12.0. The highest BCUT2D eigenvalue weighted by Gasteiger charge is 2.08. The Morgan fingerprint density at radius 2 is 2.31 bits per heavy atom. The first kappa shape index (κ1) is 13.2. The van der Waals surface area contributed by atoms with Gasteiger partial charge in [0.05, 0.1) is 5.69 Å². The predicted octanol–water partition coefficient (Wildman–Crippen LogP) is 1.76. The van der Waals surface area contributed by atoms with Crippen molar-refractivity contribution in [2.75, 3.05) is 13.7 Å². The standard InChI is InChI=1S/C12H23N3O/c1-4-10(2)15-7-5-12(14-15)9-11(13)6-8-16-3/h5,7,10-11H,4,6,8-9,13H2,1-3H3. The lowest BCUT2D eigenvalue weighted by molar-refractivity contribution is 0.187. The van der Waals surface area contributed by atoms with Gasteiger partial charge in [0.2, 0.25) is 0 Å². The van der Waals surface area contributed by atoms with Gasteiger partial charge in [-0.05, 0) is 25.8 Å². The Kier molecular flexibility index (Phi) is 5.49. The predicted molar refractivity (Wildman–Crippen MR) is 65.4 cm³/mol. The third-order valence-corrected chi connectivity index (χ3v) is 2.87. The molecule has 2 atom stereocenters. The summed E-state index contributed by atoms with van der Waals surface area (Å²) in [5, 5.41) is 4.52. The van der Waals surface area contributed by atoms with Crippen LogP contribution in [0.4, 0.5) is 0 Å². The normalized spacial score (nSPS) is 15.0. The number of methoxy groups -OCH3 is 1. The molecule has 0 radical (unpaired) electrons. The molecule has 0 aliphatic heterocycles. The van der Waals surface area contributed by atoms with E-state index in [4.69, 9.17) is 10.5 Å². The first-order chi connectivity index (χ1) is 7.67. The van der Waals surface area contributed by atoms with E-state index in [0.29, 0.717) is 12.6 Å². The molecule has 0 aliphatic rings. The van der Waals surface area contributed by atoms with E-state index < -0.39 is 0 Å². The Labute approximate surface area is 97.8 Å². The maximum Gasteiger partial charge on any atom is 0.0640 e. The molecule has 0 aromatic carbocycles. The Bertz CT molecular complexity index is 298. The number of aromatic nitrogens is 2. The van der Waals surface area contributed by atoms with Gasteiger partial charge in [-0.1, -0.05) is 6.92 Å². The smallest absolute Gasteiger partial charge is 0.0640 e. The number of rotatable bonds is 7. The number of hydrogen-bond acceptors (Lipinski definition) is 3. The van der Waals surface area contributed by atoms with Crippen LogP contribution in [-0.4, -0.2) is 29.5 Å². The Balaban J connectivity index is 2.45. The van der Waals surface area contributed by atoms with Gasteiger partial charge in [0.1, 0.15) is 0 Å². The first-order valence-electron chi connectivity index (χ1n) is 5.96. The molecule has 0 amide bonds. The fourth-order valence-corrected chi connectivity index (χ4v) is 1.56. The summed E-state index contributed by atoms with van der Waals surface area (Å²) in [7, 11) is 1.70. The van der Waals surface area contributed by atoms with Crippen LogP contribution in [0.25, 0.3) is 0 Å². The second-order valence-corrected chi connectivity index (χ2v) is 4.29. The summed E-state index contributed by atoms with van der Waals surface area (Å²) in [5.41, 5.74) is 7.05. The molecule has 4 heteroatoms. The van der Waals surface area contributed by atoms with Gasteiger partial charge in [0.25, 0.3) is 0 Å². The third kappa shape index (κ3) is 3.94. The van der Waals surface area contributed by atoms with Crippen LogP contribution in [0.1, 0.15) is 38.4 Å². The van der Waals surface area contributed by atoms with Crippen molar-refractivity contribution in [3.8, 4) is 0 Å². The number of hydrogen-bond donors (Lipinski definition) is 1. The largest absolute Gasteiger partial charge is 0.385 e. The molecule has 1 aromatic rings. The van der Waals surface area contributed by atoms with Crippen LogP contribution < -0.4 is 5.73 Å². The molecular formula is C12H23N3O. The van der Waals surface area contributed by atoms with E-state index >= 15 is 0 Å². The molecule has 2 N–H and O–H groups in total. The minimum Gasteiger partial charge on any atom is -0.385 e. The molecule has 1 aromatic heterocycles. The molecule has 92 valence electrons. The van der Waals surface area contributed by atoms with Crippen molar-refractivity contribution in [2.45, 2.75) is 45.2 Å². The zero-order valence-corrected chi connectivity index (χ0v) is 10.5. The molecule has 0 aliphatic carbocycles. The average molecular weight is 225 g/mol. The van der Waals surface area contributed by atoms with Crippen molar-refractivity contribution in [1.29, 1.82) is 0 Å². The Morgan fingerprint density at radius 3 is 2.94 bits per heavy atom. The van der Waals surface area contributed by atoms with E-state index in [2.05, 4.69) is 25.0 Å². The van der Waals surface area contributed by atoms with Crippen LogP contribution >= 0.6 is 0 Å². The van der Waals surface area contributed by atoms with Crippen molar-refractivity contribution in [3.05, 3.63) is 18.0 Å². The van der Waals surface area contributed by atoms with Gasteiger partial charge in [0.15, 0.2) is 0 Å². The van der Waals surface area contributed by atoms with Gasteiger partial charge in [0, 0.05) is 38.4 Å². The van der Waals surface area contributed by atoms with Gasteiger partial charge >= 0.3 is 0 Å². The van der Waals surface area contributed by atoms with Crippen LogP contribution in [0.15, 0.2) is 12.3 Å². The maximum absolute atomic E-state index is 5.98. The highest BCUT2D eigenvalue weighted by atomic mass is 16.5. The van der Waals surface area contributed by atoms with E-state index in [9.17, 15) is 0 Å². The second kappa shape index (κ2) is 6.66. The summed E-state index contributed by atoms with van der Waals surface area (Å²) < 4.78 is 7.02. The van der Waals surface area contributed by atoms with Gasteiger partial charge in [-0.25, -0.2) is 0 Å². The molecule has 0 fully saturated rings. The summed E-state index contributed by atoms with van der Waals surface area (Å²) >= 11 is 0. The summed E-state index contributed by atoms with van der Waals surface area (Å²) in [6.07, 6.45) is 4.84. The summed E-state index contributed by atoms with van der Waals surface area (Å²) in [4.78, 5) is 0.